The van der Waals surface area contributed by atoms with E-state index in [2.05, 4.69) is 15.6 Å². The first-order chi connectivity index (χ1) is 15.0. The number of rotatable bonds is 7. The van der Waals surface area contributed by atoms with E-state index in [1.807, 2.05) is 35.7 Å². The standard InChI is InChI=1S/C23H20N4O3S/c1-15(28)16-8-10-17(11-9-16)25-21(29)14-27-20-7-3-2-6-19(20)22(26-23(27)30)24-13-18-5-4-12-31-18/h2-12H,13-14H2,1H3,(H,25,29)(H,24,26,30). The van der Waals surface area contributed by atoms with Gasteiger partial charge in [0.1, 0.15) is 12.4 Å². The van der Waals surface area contributed by atoms with Crippen molar-refractivity contribution < 1.29 is 9.59 Å². The third kappa shape index (κ3) is 4.70. The molecule has 31 heavy (non-hydrogen) atoms. The highest BCUT2D eigenvalue weighted by atomic mass is 32.1. The highest BCUT2D eigenvalue weighted by Crippen LogP contribution is 2.21. The van der Waals surface area contributed by atoms with Gasteiger partial charge < -0.3 is 10.6 Å². The van der Waals surface area contributed by atoms with Gasteiger partial charge in [0.05, 0.1) is 12.1 Å². The zero-order chi connectivity index (χ0) is 21.8. The number of carbonyl (C=O) groups excluding carboxylic acids is 2. The molecule has 2 N–H and O–H groups in total. The van der Waals surface area contributed by atoms with Crippen molar-refractivity contribution in [1.29, 1.82) is 0 Å². The molecule has 2 aromatic carbocycles. The number of thiophene rings is 1. The molecule has 8 heteroatoms. The van der Waals surface area contributed by atoms with E-state index in [0.29, 0.717) is 29.1 Å². The second kappa shape index (κ2) is 8.93. The molecule has 0 radical (unpaired) electrons. The summed E-state index contributed by atoms with van der Waals surface area (Å²) in [6, 6.07) is 17.9. The fourth-order valence-electron chi connectivity index (χ4n) is 3.23. The summed E-state index contributed by atoms with van der Waals surface area (Å²) in [5.74, 6) is 0.0872. The first-order valence-electron chi connectivity index (χ1n) is 9.68. The monoisotopic (exact) mass is 432 g/mol. The smallest absolute Gasteiger partial charge is 0.350 e. The van der Waals surface area contributed by atoms with Gasteiger partial charge in [-0.1, -0.05) is 18.2 Å². The van der Waals surface area contributed by atoms with E-state index >= 15 is 0 Å². The number of nitrogens with zero attached hydrogens (tertiary/aromatic N) is 2. The van der Waals surface area contributed by atoms with Crippen LogP contribution >= 0.6 is 11.3 Å². The molecule has 0 atom stereocenters. The number of para-hydroxylation sites is 1. The molecule has 0 spiro atoms. The molecule has 4 aromatic rings. The molecule has 0 saturated carbocycles. The van der Waals surface area contributed by atoms with Crippen molar-refractivity contribution in [3.8, 4) is 0 Å². The summed E-state index contributed by atoms with van der Waals surface area (Å²) in [7, 11) is 0. The van der Waals surface area contributed by atoms with Crippen LogP contribution in [-0.4, -0.2) is 21.2 Å². The predicted molar refractivity (Wildman–Crippen MR) is 123 cm³/mol. The van der Waals surface area contributed by atoms with E-state index in [1.165, 1.54) is 11.5 Å². The Hall–Kier alpha value is -3.78. The lowest BCUT2D eigenvalue weighted by Gasteiger charge is -2.13. The maximum Gasteiger partial charge on any atom is 0.350 e. The van der Waals surface area contributed by atoms with Crippen LogP contribution in [0.4, 0.5) is 11.5 Å². The zero-order valence-corrected chi connectivity index (χ0v) is 17.6. The number of benzene rings is 2. The van der Waals surface area contributed by atoms with Crippen LogP contribution in [0.5, 0.6) is 0 Å². The van der Waals surface area contributed by atoms with Crippen LogP contribution in [0, 0.1) is 0 Å². The van der Waals surface area contributed by atoms with Crippen molar-refractivity contribution in [1.82, 2.24) is 9.55 Å². The Labute approximate surface area is 182 Å². The lowest BCUT2D eigenvalue weighted by Crippen LogP contribution is -2.30. The molecule has 0 aliphatic heterocycles. The molecule has 2 heterocycles. The summed E-state index contributed by atoms with van der Waals surface area (Å²) >= 11 is 1.62. The molecule has 0 aliphatic carbocycles. The molecule has 0 bridgehead atoms. The SMILES string of the molecule is CC(=O)c1ccc(NC(=O)Cn2c(=O)nc(NCc3cccs3)c3ccccc32)cc1. The molecule has 1 amide bonds. The second-order valence-corrected chi connectivity index (χ2v) is 7.99. The summed E-state index contributed by atoms with van der Waals surface area (Å²) in [6.07, 6.45) is 0. The Morgan fingerprint density at radius 3 is 2.52 bits per heavy atom. The summed E-state index contributed by atoms with van der Waals surface area (Å²) in [4.78, 5) is 42.0. The van der Waals surface area contributed by atoms with Crippen molar-refractivity contribution >= 4 is 45.4 Å². The average molecular weight is 433 g/mol. The number of anilines is 2. The molecular formula is C23H20N4O3S. The lowest BCUT2D eigenvalue weighted by molar-refractivity contribution is -0.116. The van der Waals surface area contributed by atoms with Gasteiger partial charge in [0, 0.05) is 21.5 Å². The number of amides is 1. The van der Waals surface area contributed by atoms with Crippen molar-refractivity contribution in [2.24, 2.45) is 0 Å². The average Bonchev–Trinajstić information content (AvgIpc) is 3.28. The van der Waals surface area contributed by atoms with E-state index in [0.717, 1.165) is 10.3 Å². The molecule has 4 rings (SSSR count). The Kier molecular flexibility index (Phi) is 5.90. The maximum atomic E-state index is 12.7. The van der Waals surface area contributed by atoms with Gasteiger partial charge in [-0.15, -0.1) is 11.3 Å². The molecule has 0 fully saturated rings. The number of ketones is 1. The second-order valence-electron chi connectivity index (χ2n) is 6.96. The molecule has 0 unspecified atom stereocenters. The van der Waals surface area contributed by atoms with Crippen molar-refractivity contribution in [3.63, 3.8) is 0 Å². The van der Waals surface area contributed by atoms with E-state index in [-0.39, 0.29) is 18.2 Å². The highest BCUT2D eigenvalue weighted by molar-refractivity contribution is 7.09. The lowest BCUT2D eigenvalue weighted by atomic mass is 10.1. The number of carbonyl (C=O) groups is 2. The molecular weight excluding hydrogens is 412 g/mol. The van der Waals surface area contributed by atoms with Crippen LogP contribution in [0.3, 0.4) is 0 Å². The molecule has 0 saturated heterocycles. The third-order valence-corrected chi connectivity index (χ3v) is 5.65. The summed E-state index contributed by atoms with van der Waals surface area (Å²) in [5.41, 5.74) is 1.23. The fraction of sp³-hybridized carbons (Fsp3) is 0.130. The first-order valence-corrected chi connectivity index (χ1v) is 10.6. The Morgan fingerprint density at radius 2 is 1.81 bits per heavy atom. The topological polar surface area (TPSA) is 93.1 Å². The third-order valence-electron chi connectivity index (χ3n) is 4.78. The summed E-state index contributed by atoms with van der Waals surface area (Å²) < 4.78 is 1.35. The van der Waals surface area contributed by atoms with E-state index in [4.69, 9.17) is 0 Å². The van der Waals surface area contributed by atoms with Gasteiger partial charge in [-0.25, -0.2) is 4.79 Å². The molecule has 7 nitrogen and oxygen atoms in total. The fourth-order valence-corrected chi connectivity index (χ4v) is 3.88. The largest absolute Gasteiger partial charge is 0.364 e. The number of aromatic nitrogens is 2. The van der Waals surface area contributed by atoms with Gasteiger partial charge in [0.2, 0.25) is 5.91 Å². The van der Waals surface area contributed by atoms with Gasteiger partial charge in [-0.3, -0.25) is 14.2 Å². The minimum absolute atomic E-state index is 0.0465. The minimum Gasteiger partial charge on any atom is -0.364 e. The van der Waals surface area contributed by atoms with Crippen LogP contribution in [0.1, 0.15) is 22.2 Å². The van der Waals surface area contributed by atoms with Crippen LogP contribution < -0.4 is 16.3 Å². The number of nitrogens with one attached hydrogen (secondary N) is 2. The van der Waals surface area contributed by atoms with Gasteiger partial charge >= 0.3 is 5.69 Å². The molecule has 2 aromatic heterocycles. The maximum absolute atomic E-state index is 12.7. The summed E-state index contributed by atoms with van der Waals surface area (Å²) in [6.45, 7) is 1.87. The molecule has 0 aliphatic rings. The van der Waals surface area contributed by atoms with Crippen molar-refractivity contribution in [2.45, 2.75) is 20.0 Å². The van der Waals surface area contributed by atoms with Gasteiger partial charge in [-0.05, 0) is 54.8 Å². The van der Waals surface area contributed by atoms with Crippen molar-refractivity contribution in [2.75, 3.05) is 10.6 Å². The number of fused-ring (bicyclic) bond motifs is 1. The number of hydrogen-bond acceptors (Lipinski definition) is 6. The minimum atomic E-state index is -0.505. The highest BCUT2D eigenvalue weighted by Gasteiger charge is 2.13. The summed E-state index contributed by atoms with van der Waals surface area (Å²) in [5, 5.41) is 8.73. The zero-order valence-electron chi connectivity index (χ0n) is 16.8. The van der Waals surface area contributed by atoms with E-state index < -0.39 is 5.69 Å². The predicted octanol–water partition coefficient (Wildman–Crippen LogP) is 3.91. The molecule has 156 valence electrons. The van der Waals surface area contributed by atoms with Crippen LogP contribution in [0.25, 0.3) is 10.9 Å². The first kappa shape index (κ1) is 20.5. The van der Waals surface area contributed by atoms with Crippen LogP contribution in [0.2, 0.25) is 0 Å². The Morgan fingerprint density at radius 1 is 1.03 bits per heavy atom. The quantitative estimate of drug-likeness (QED) is 0.432. The normalized spacial score (nSPS) is 10.7. The van der Waals surface area contributed by atoms with Gasteiger partial charge in [0.15, 0.2) is 5.78 Å². The van der Waals surface area contributed by atoms with Gasteiger partial charge in [-0.2, -0.15) is 4.98 Å². The van der Waals surface area contributed by atoms with Gasteiger partial charge in [0.25, 0.3) is 0 Å². The number of hydrogen-bond donors (Lipinski definition) is 2. The van der Waals surface area contributed by atoms with Crippen LogP contribution in [0.15, 0.2) is 70.8 Å². The van der Waals surface area contributed by atoms with E-state index in [1.54, 1.807) is 41.7 Å². The Balaban J connectivity index is 1.56. The Bertz CT molecular complexity index is 1290. The van der Waals surface area contributed by atoms with Crippen LogP contribution in [-0.2, 0) is 17.9 Å². The number of Topliss-reactive ketones (excluding diaryl/α,β-unsaturated/α-hetero) is 1. The van der Waals surface area contributed by atoms with E-state index in [9.17, 15) is 14.4 Å². The van der Waals surface area contributed by atoms with Crippen molar-refractivity contribution in [3.05, 3.63) is 87.0 Å².